The number of carbonyl (C=O) groups excluding carboxylic acids is 1. The van der Waals surface area contributed by atoms with Crippen molar-refractivity contribution in [1.29, 1.82) is 0 Å². The number of hydrogen-bond donors (Lipinski definition) is 1. The largest absolute Gasteiger partial charge is 0.446 e. The highest BCUT2D eigenvalue weighted by Crippen LogP contribution is 2.37. The summed E-state index contributed by atoms with van der Waals surface area (Å²) in [7, 11) is 0. The number of ether oxygens (including phenoxy) is 1. The van der Waals surface area contributed by atoms with Crippen LogP contribution < -0.4 is 0 Å². The van der Waals surface area contributed by atoms with E-state index in [0.717, 1.165) is 19.3 Å². The van der Waals surface area contributed by atoms with Crippen molar-refractivity contribution in [2.24, 2.45) is 0 Å². The fraction of sp³-hybridized carbons (Fsp3) is 0.750. The summed E-state index contributed by atoms with van der Waals surface area (Å²) in [6.45, 7) is 3.94. The minimum Gasteiger partial charge on any atom is -0.446 e. The van der Waals surface area contributed by atoms with E-state index in [0.29, 0.717) is 24.4 Å². The first-order valence-electron chi connectivity index (χ1n) is 5.85. The SMILES string of the molecule is CC=C(C)C(=O)OCN1C2CC(O)CC1C2. The second-order valence-corrected chi connectivity index (χ2v) is 4.72. The molecule has 16 heavy (non-hydrogen) atoms. The van der Waals surface area contributed by atoms with Crippen molar-refractivity contribution in [2.45, 2.75) is 51.3 Å². The molecule has 0 spiro atoms. The molecule has 3 rings (SSSR count). The summed E-state index contributed by atoms with van der Waals surface area (Å²) in [4.78, 5) is 13.6. The van der Waals surface area contributed by atoms with Crippen LogP contribution in [0.25, 0.3) is 0 Å². The molecule has 2 unspecified atom stereocenters. The lowest BCUT2D eigenvalue weighted by atomic mass is 9.78. The van der Waals surface area contributed by atoms with E-state index in [1.807, 2.05) is 6.92 Å². The Morgan fingerprint density at radius 3 is 2.62 bits per heavy atom. The summed E-state index contributed by atoms with van der Waals surface area (Å²) in [5, 5.41) is 9.49. The normalized spacial score (nSPS) is 34.4. The summed E-state index contributed by atoms with van der Waals surface area (Å²) < 4.78 is 5.21. The van der Waals surface area contributed by atoms with Crippen molar-refractivity contribution < 1.29 is 14.6 Å². The van der Waals surface area contributed by atoms with Crippen LogP contribution in [0.4, 0.5) is 0 Å². The Balaban J connectivity index is 1.78. The van der Waals surface area contributed by atoms with Crippen molar-refractivity contribution in [3.63, 3.8) is 0 Å². The van der Waals surface area contributed by atoms with Crippen molar-refractivity contribution in [3.05, 3.63) is 11.6 Å². The Bertz CT molecular complexity index is 301. The molecule has 4 nitrogen and oxygen atoms in total. The fourth-order valence-corrected chi connectivity index (χ4v) is 2.51. The van der Waals surface area contributed by atoms with Gasteiger partial charge in [0.15, 0.2) is 0 Å². The van der Waals surface area contributed by atoms with Gasteiger partial charge < -0.3 is 9.84 Å². The molecule has 0 radical (unpaired) electrons. The number of hydrogen-bond acceptors (Lipinski definition) is 4. The zero-order valence-electron chi connectivity index (χ0n) is 9.85. The standard InChI is InChI=1S/C12H19NO3/c1-3-8(2)12(15)16-7-13-9-4-10(13)6-11(14)5-9/h3,9-11,14H,4-7H2,1-2H3. The second kappa shape index (κ2) is 4.55. The first-order chi connectivity index (χ1) is 7.61. The molecule has 0 amide bonds. The monoisotopic (exact) mass is 225 g/mol. The number of esters is 1. The van der Waals surface area contributed by atoms with Gasteiger partial charge in [0.1, 0.15) is 6.73 Å². The van der Waals surface area contributed by atoms with E-state index in [1.54, 1.807) is 13.0 Å². The number of fused-ring (bicyclic) bond motifs is 2. The third-order valence-corrected chi connectivity index (χ3v) is 3.67. The van der Waals surface area contributed by atoms with Gasteiger partial charge in [0.2, 0.25) is 0 Å². The van der Waals surface area contributed by atoms with Gasteiger partial charge in [0, 0.05) is 17.7 Å². The summed E-state index contributed by atoms with van der Waals surface area (Å²) in [6, 6.07) is 0.819. The number of carbonyl (C=O) groups is 1. The van der Waals surface area contributed by atoms with Crippen LogP contribution in [0.1, 0.15) is 33.1 Å². The number of rotatable bonds is 3. The highest BCUT2D eigenvalue weighted by atomic mass is 16.5. The lowest BCUT2D eigenvalue weighted by Gasteiger charge is -2.53. The van der Waals surface area contributed by atoms with Gasteiger partial charge in [-0.15, -0.1) is 0 Å². The molecule has 2 bridgehead atoms. The van der Waals surface area contributed by atoms with Crippen LogP contribution in [-0.2, 0) is 9.53 Å². The Hall–Kier alpha value is -0.870. The van der Waals surface area contributed by atoms with Crippen LogP contribution >= 0.6 is 0 Å². The minimum atomic E-state index is -0.243. The van der Waals surface area contributed by atoms with Gasteiger partial charge in [-0.05, 0) is 33.1 Å². The van der Waals surface area contributed by atoms with E-state index in [1.165, 1.54) is 0 Å². The van der Waals surface area contributed by atoms with Gasteiger partial charge in [-0.25, -0.2) is 4.79 Å². The number of aliphatic hydroxyl groups is 1. The molecule has 90 valence electrons. The fourth-order valence-electron chi connectivity index (χ4n) is 2.51. The van der Waals surface area contributed by atoms with E-state index in [4.69, 9.17) is 4.74 Å². The molecule has 1 aliphatic carbocycles. The molecule has 3 aliphatic rings. The van der Waals surface area contributed by atoms with Crippen LogP contribution in [0, 0.1) is 0 Å². The summed E-state index contributed by atoms with van der Waals surface area (Å²) in [6.07, 6.45) is 4.36. The lowest BCUT2D eigenvalue weighted by molar-refractivity contribution is -0.162. The predicted molar refractivity (Wildman–Crippen MR) is 59.7 cm³/mol. The van der Waals surface area contributed by atoms with E-state index >= 15 is 0 Å². The van der Waals surface area contributed by atoms with E-state index in [2.05, 4.69) is 4.90 Å². The summed E-state index contributed by atoms with van der Waals surface area (Å²) in [5.74, 6) is -0.243. The Labute approximate surface area is 95.9 Å². The molecule has 1 N–H and O–H groups in total. The van der Waals surface area contributed by atoms with Crippen LogP contribution in [0.15, 0.2) is 11.6 Å². The molecular formula is C12H19NO3. The van der Waals surface area contributed by atoms with Gasteiger partial charge >= 0.3 is 5.97 Å². The average Bonchev–Trinajstić information content (AvgIpc) is 2.27. The number of piperidine rings is 1. The smallest absolute Gasteiger partial charge is 0.334 e. The number of nitrogens with zero attached hydrogens (tertiary/aromatic N) is 1. The molecule has 2 saturated heterocycles. The molecule has 3 fully saturated rings. The second-order valence-electron chi connectivity index (χ2n) is 4.72. The quantitative estimate of drug-likeness (QED) is 0.576. The van der Waals surface area contributed by atoms with Crippen LogP contribution in [0.5, 0.6) is 0 Å². The van der Waals surface area contributed by atoms with Gasteiger partial charge in [-0.2, -0.15) is 0 Å². The van der Waals surface area contributed by atoms with Crippen molar-refractivity contribution >= 4 is 5.97 Å². The van der Waals surface area contributed by atoms with E-state index in [-0.39, 0.29) is 12.1 Å². The third kappa shape index (κ3) is 2.13. The summed E-state index contributed by atoms with van der Waals surface area (Å²) >= 11 is 0. The first-order valence-corrected chi connectivity index (χ1v) is 5.85. The van der Waals surface area contributed by atoms with Crippen LogP contribution in [0.2, 0.25) is 0 Å². The maximum absolute atomic E-state index is 11.4. The van der Waals surface area contributed by atoms with Gasteiger partial charge in [-0.3, -0.25) is 4.90 Å². The Morgan fingerprint density at radius 1 is 1.44 bits per heavy atom. The van der Waals surface area contributed by atoms with Gasteiger partial charge in [0.05, 0.1) is 6.10 Å². The molecular weight excluding hydrogens is 206 g/mol. The summed E-state index contributed by atoms with van der Waals surface area (Å²) in [5.41, 5.74) is 0.644. The molecule has 1 saturated carbocycles. The minimum absolute atomic E-state index is 0.159. The van der Waals surface area contributed by atoms with Crippen molar-refractivity contribution in [3.8, 4) is 0 Å². The van der Waals surface area contributed by atoms with E-state index < -0.39 is 0 Å². The van der Waals surface area contributed by atoms with Gasteiger partial charge in [0.25, 0.3) is 0 Å². The maximum atomic E-state index is 11.4. The zero-order chi connectivity index (χ0) is 11.7. The average molecular weight is 225 g/mol. The molecule has 2 aliphatic heterocycles. The number of allylic oxidation sites excluding steroid dienone is 1. The van der Waals surface area contributed by atoms with Crippen molar-refractivity contribution in [1.82, 2.24) is 4.90 Å². The topological polar surface area (TPSA) is 49.8 Å². The van der Waals surface area contributed by atoms with Gasteiger partial charge in [-0.1, -0.05) is 6.08 Å². The third-order valence-electron chi connectivity index (χ3n) is 3.67. The zero-order valence-corrected chi connectivity index (χ0v) is 9.85. The lowest BCUT2D eigenvalue weighted by Crippen LogP contribution is -2.62. The van der Waals surface area contributed by atoms with Crippen LogP contribution in [0.3, 0.4) is 0 Å². The van der Waals surface area contributed by atoms with Crippen LogP contribution in [-0.4, -0.2) is 40.9 Å². The predicted octanol–water partition coefficient (Wildman–Crippen LogP) is 1.05. The Morgan fingerprint density at radius 2 is 2.06 bits per heavy atom. The van der Waals surface area contributed by atoms with Crippen molar-refractivity contribution in [2.75, 3.05) is 6.73 Å². The highest BCUT2D eigenvalue weighted by molar-refractivity contribution is 5.87. The molecule has 0 aromatic heterocycles. The molecule has 2 atom stereocenters. The van der Waals surface area contributed by atoms with E-state index in [9.17, 15) is 9.90 Å². The highest BCUT2D eigenvalue weighted by Gasteiger charge is 2.45. The first kappa shape index (κ1) is 11.6. The molecule has 2 heterocycles. The number of aliphatic hydroxyl groups excluding tert-OH is 1. The molecule has 0 aromatic rings. The molecule has 4 heteroatoms. The Kier molecular flexibility index (Phi) is 3.30. The molecule has 0 aromatic carbocycles. The maximum Gasteiger partial charge on any atom is 0.334 e.